The molecule has 1 heteroatoms. The van der Waals surface area contributed by atoms with Crippen LogP contribution in [0.25, 0.3) is 6.08 Å². The number of ketones is 1. The van der Waals surface area contributed by atoms with Crippen molar-refractivity contribution in [1.82, 2.24) is 0 Å². The number of benzene rings is 1. The second kappa shape index (κ2) is 4.48. The largest absolute Gasteiger partial charge is 0.294 e. The third-order valence-electron chi connectivity index (χ3n) is 4.25. The van der Waals surface area contributed by atoms with Crippen LogP contribution in [-0.4, -0.2) is 5.78 Å². The van der Waals surface area contributed by atoms with E-state index in [1.165, 1.54) is 16.7 Å². The Morgan fingerprint density at radius 2 is 1.95 bits per heavy atom. The highest BCUT2D eigenvalue weighted by Crippen LogP contribution is 2.41. The smallest absolute Gasteiger partial charge is 0.162 e. The standard InChI is InChI=1S/C18H20O/c1-18(2)12-14(15-8-4-6-10-17(15)19)11-13-7-3-5-9-16(13)18/h3,5,7-9,11H,4,6,10,12H2,1-2H3. The summed E-state index contributed by atoms with van der Waals surface area (Å²) < 4.78 is 0. The summed E-state index contributed by atoms with van der Waals surface area (Å²) in [5.74, 6) is 0.327. The Balaban J connectivity index is 2.08. The van der Waals surface area contributed by atoms with E-state index in [-0.39, 0.29) is 5.41 Å². The average molecular weight is 252 g/mol. The fraction of sp³-hybridized carbons (Fsp3) is 0.389. The molecule has 0 unspecified atom stereocenters. The topological polar surface area (TPSA) is 17.1 Å². The van der Waals surface area contributed by atoms with Crippen molar-refractivity contribution in [2.75, 3.05) is 0 Å². The van der Waals surface area contributed by atoms with Crippen molar-refractivity contribution >= 4 is 11.9 Å². The lowest BCUT2D eigenvalue weighted by molar-refractivity contribution is -0.115. The Morgan fingerprint density at radius 1 is 1.16 bits per heavy atom. The SMILES string of the molecule is CC1(C)CC(C2=CCCCC2=O)=Cc2ccccc21. The van der Waals surface area contributed by atoms with Gasteiger partial charge in [0, 0.05) is 12.0 Å². The maximum Gasteiger partial charge on any atom is 0.162 e. The zero-order valence-corrected chi connectivity index (χ0v) is 11.7. The van der Waals surface area contributed by atoms with Crippen molar-refractivity contribution in [1.29, 1.82) is 0 Å². The Labute approximate surface area is 115 Å². The fourth-order valence-corrected chi connectivity index (χ4v) is 3.29. The molecule has 0 bridgehead atoms. The third kappa shape index (κ3) is 2.18. The number of carbonyl (C=O) groups is 1. The van der Waals surface area contributed by atoms with Gasteiger partial charge in [-0.15, -0.1) is 0 Å². The van der Waals surface area contributed by atoms with Crippen molar-refractivity contribution in [2.45, 2.75) is 44.9 Å². The van der Waals surface area contributed by atoms with Crippen molar-refractivity contribution in [3.05, 3.63) is 52.6 Å². The highest BCUT2D eigenvalue weighted by molar-refractivity contribution is 6.01. The first kappa shape index (κ1) is 12.4. The number of rotatable bonds is 1. The van der Waals surface area contributed by atoms with E-state index in [1.807, 2.05) is 0 Å². The summed E-state index contributed by atoms with van der Waals surface area (Å²) in [5.41, 5.74) is 4.98. The first-order valence-electron chi connectivity index (χ1n) is 7.12. The molecular weight excluding hydrogens is 232 g/mol. The molecule has 1 aromatic rings. The van der Waals surface area contributed by atoms with Crippen LogP contribution in [0.2, 0.25) is 0 Å². The zero-order valence-electron chi connectivity index (χ0n) is 11.7. The van der Waals surface area contributed by atoms with Crippen LogP contribution in [0.4, 0.5) is 0 Å². The molecule has 0 atom stereocenters. The first-order chi connectivity index (χ1) is 9.08. The second-order valence-corrected chi connectivity index (χ2v) is 6.25. The van der Waals surface area contributed by atoms with Crippen LogP contribution in [0.15, 0.2) is 41.5 Å². The van der Waals surface area contributed by atoms with Crippen molar-refractivity contribution in [3.63, 3.8) is 0 Å². The summed E-state index contributed by atoms with van der Waals surface area (Å²) in [7, 11) is 0. The molecule has 0 radical (unpaired) electrons. The van der Waals surface area contributed by atoms with E-state index in [0.717, 1.165) is 24.8 Å². The lowest BCUT2D eigenvalue weighted by atomic mass is 9.70. The van der Waals surface area contributed by atoms with Gasteiger partial charge in [-0.2, -0.15) is 0 Å². The predicted molar refractivity (Wildman–Crippen MR) is 79.0 cm³/mol. The van der Waals surface area contributed by atoms with E-state index >= 15 is 0 Å². The van der Waals surface area contributed by atoms with Gasteiger partial charge in [-0.25, -0.2) is 0 Å². The molecule has 0 aliphatic heterocycles. The van der Waals surface area contributed by atoms with E-state index in [4.69, 9.17) is 0 Å². The van der Waals surface area contributed by atoms with Crippen molar-refractivity contribution < 1.29 is 4.79 Å². The average Bonchev–Trinajstić information content (AvgIpc) is 2.38. The molecule has 2 aliphatic rings. The predicted octanol–water partition coefficient (Wildman–Crippen LogP) is 4.43. The number of hydrogen-bond acceptors (Lipinski definition) is 1. The summed E-state index contributed by atoms with van der Waals surface area (Å²) >= 11 is 0. The molecule has 0 saturated carbocycles. The lowest BCUT2D eigenvalue weighted by Gasteiger charge is -2.33. The second-order valence-electron chi connectivity index (χ2n) is 6.25. The molecule has 0 amide bonds. The molecule has 0 N–H and O–H groups in total. The lowest BCUT2D eigenvalue weighted by Crippen LogP contribution is -2.24. The Bertz CT molecular complexity index is 587. The van der Waals surface area contributed by atoms with Crippen molar-refractivity contribution in [2.24, 2.45) is 0 Å². The molecular formula is C18H20O. The summed E-state index contributed by atoms with van der Waals surface area (Å²) in [6.07, 6.45) is 8.08. The minimum Gasteiger partial charge on any atom is -0.294 e. The van der Waals surface area contributed by atoms with E-state index in [1.54, 1.807) is 0 Å². The molecule has 0 fully saturated rings. The maximum absolute atomic E-state index is 12.1. The Hall–Kier alpha value is -1.63. The molecule has 3 rings (SSSR count). The van der Waals surface area contributed by atoms with Gasteiger partial charge in [-0.05, 0) is 41.4 Å². The third-order valence-corrected chi connectivity index (χ3v) is 4.25. The van der Waals surface area contributed by atoms with Crippen LogP contribution in [-0.2, 0) is 10.2 Å². The molecule has 2 aliphatic carbocycles. The van der Waals surface area contributed by atoms with Crippen LogP contribution in [0.5, 0.6) is 0 Å². The van der Waals surface area contributed by atoms with E-state index < -0.39 is 0 Å². The van der Waals surface area contributed by atoms with Crippen LogP contribution >= 0.6 is 0 Å². The van der Waals surface area contributed by atoms with Gasteiger partial charge >= 0.3 is 0 Å². The molecule has 0 saturated heterocycles. The maximum atomic E-state index is 12.1. The summed E-state index contributed by atoms with van der Waals surface area (Å²) in [4.78, 5) is 12.1. The van der Waals surface area contributed by atoms with Crippen LogP contribution in [0, 0.1) is 0 Å². The van der Waals surface area contributed by atoms with Crippen LogP contribution in [0.3, 0.4) is 0 Å². The van der Waals surface area contributed by atoms with Gasteiger partial charge in [0.05, 0.1) is 0 Å². The van der Waals surface area contributed by atoms with E-state index in [0.29, 0.717) is 12.2 Å². The summed E-state index contributed by atoms with van der Waals surface area (Å²) in [6, 6.07) is 8.54. The molecule has 0 spiro atoms. The Morgan fingerprint density at radius 3 is 2.74 bits per heavy atom. The molecule has 1 aromatic carbocycles. The number of hydrogen-bond donors (Lipinski definition) is 0. The minimum absolute atomic E-state index is 0.110. The number of fused-ring (bicyclic) bond motifs is 1. The normalized spacial score (nSPS) is 21.5. The number of allylic oxidation sites excluding steroid dienone is 3. The molecule has 0 heterocycles. The van der Waals surface area contributed by atoms with Gasteiger partial charge in [-0.1, -0.05) is 50.3 Å². The first-order valence-corrected chi connectivity index (χ1v) is 7.12. The molecule has 0 aromatic heterocycles. The monoisotopic (exact) mass is 252 g/mol. The zero-order chi connectivity index (χ0) is 13.5. The van der Waals surface area contributed by atoms with Crippen molar-refractivity contribution in [3.8, 4) is 0 Å². The van der Waals surface area contributed by atoms with Gasteiger partial charge in [0.25, 0.3) is 0 Å². The minimum atomic E-state index is 0.110. The van der Waals surface area contributed by atoms with Gasteiger partial charge in [0.1, 0.15) is 0 Å². The van der Waals surface area contributed by atoms with Gasteiger partial charge in [0.2, 0.25) is 0 Å². The van der Waals surface area contributed by atoms with Gasteiger partial charge in [0.15, 0.2) is 5.78 Å². The van der Waals surface area contributed by atoms with Gasteiger partial charge < -0.3 is 0 Å². The Kier molecular flexibility index (Phi) is 2.93. The van der Waals surface area contributed by atoms with Crippen LogP contribution < -0.4 is 0 Å². The summed E-state index contributed by atoms with van der Waals surface area (Å²) in [5, 5.41) is 0. The molecule has 19 heavy (non-hydrogen) atoms. The highest BCUT2D eigenvalue weighted by Gasteiger charge is 2.31. The number of Topliss-reactive ketones (excluding diaryl/α,β-unsaturated/α-hetero) is 1. The van der Waals surface area contributed by atoms with E-state index in [2.05, 4.69) is 50.3 Å². The highest BCUT2D eigenvalue weighted by atomic mass is 16.1. The summed E-state index contributed by atoms with van der Waals surface area (Å²) in [6.45, 7) is 4.54. The molecule has 98 valence electrons. The van der Waals surface area contributed by atoms with Gasteiger partial charge in [-0.3, -0.25) is 4.79 Å². The van der Waals surface area contributed by atoms with Crippen LogP contribution in [0.1, 0.15) is 50.7 Å². The fourth-order valence-electron chi connectivity index (χ4n) is 3.29. The number of carbonyl (C=O) groups excluding carboxylic acids is 1. The quantitative estimate of drug-likeness (QED) is 0.722. The molecule has 1 nitrogen and oxygen atoms in total. The van der Waals surface area contributed by atoms with E-state index in [9.17, 15) is 4.79 Å².